The minimum atomic E-state index is -0.243. The van der Waals surface area contributed by atoms with Crippen molar-refractivity contribution >= 4 is 17.4 Å². The van der Waals surface area contributed by atoms with E-state index in [4.69, 9.17) is 10.2 Å². The normalized spacial score (nSPS) is 12.7. The Balaban J connectivity index is 1.94. The van der Waals surface area contributed by atoms with Crippen LogP contribution < -0.4 is 11.1 Å². The molecule has 1 unspecified atom stereocenters. The van der Waals surface area contributed by atoms with Gasteiger partial charge >= 0.3 is 6.01 Å². The van der Waals surface area contributed by atoms with Crippen molar-refractivity contribution in [2.24, 2.45) is 5.73 Å². The minimum Gasteiger partial charge on any atom is -0.406 e. The molecule has 0 bridgehead atoms. The Labute approximate surface area is 90.5 Å². The van der Waals surface area contributed by atoms with Crippen LogP contribution in [0.5, 0.6) is 0 Å². The molecular formula is C8H11N5OS. The number of hydrogen-bond donors (Lipinski definition) is 2. The number of thiazole rings is 1. The van der Waals surface area contributed by atoms with Crippen molar-refractivity contribution < 1.29 is 4.42 Å². The van der Waals surface area contributed by atoms with Gasteiger partial charge in [-0.15, -0.1) is 16.4 Å². The molecule has 2 aromatic heterocycles. The maximum atomic E-state index is 5.58. The summed E-state index contributed by atoms with van der Waals surface area (Å²) in [6.45, 7) is 2.37. The van der Waals surface area contributed by atoms with Gasteiger partial charge in [0.2, 0.25) is 5.89 Å². The third-order valence-electron chi connectivity index (χ3n) is 1.70. The first-order valence-corrected chi connectivity index (χ1v) is 5.35. The number of nitrogens with two attached hydrogens (primary N) is 1. The first-order chi connectivity index (χ1) is 7.25. The van der Waals surface area contributed by atoms with E-state index < -0.39 is 0 Å². The Morgan fingerprint density at radius 2 is 2.47 bits per heavy atom. The van der Waals surface area contributed by atoms with Crippen LogP contribution in [-0.2, 0) is 6.54 Å². The molecule has 0 spiro atoms. The van der Waals surface area contributed by atoms with Crippen LogP contribution in [0.15, 0.2) is 16.0 Å². The molecule has 0 aliphatic rings. The summed E-state index contributed by atoms with van der Waals surface area (Å²) in [5.41, 5.74) is 5.58. The number of rotatable bonds is 4. The third-order valence-corrected chi connectivity index (χ3v) is 2.48. The van der Waals surface area contributed by atoms with Crippen LogP contribution in [0.4, 0.5) is 6.01 Å². The number of nitrogens with zero attached hydrogens (tertiary/aromatic N) is 3. The van der Waals surface area contributed by atoms with Crippen LogP contribution in [0.1, 0.15) is 23.9 Å². The monoisotopic (exact) mass is 225 g/mol. The van der Waals surface area contributed by atoms with Gasteiger partial charge in [0.15, 0.2) is 0 Å². The lowest BCUT2D eigenvalue weighted by atomic mass is 10.4. The van der Waals surface area contributed by atoms with Crippen molar-refractivity contribution in [3.8, 4) is 0 Å². The van der Waals surface area contributed by atoms with Crippen LogP contribution in [0, 0.1) is 0 Å². The fourth-order valence-corrected chi connectivity index (χ4v) is 1.54. The summed E-state index contributed by atoms with van der Waals surface area (Å²) in [4.78, 5) is 4.11. The van der Waals surface area contributed by atoms with Gasteiger partial charge in [-0.25, -0.2) is 4.98 Å². The molecule has 0 fully saturated rings. The van der Waals surface area contributed by atoms with E-state index in [1.54, 1.807) is 24.5 Å². The molecule has 6 nitrogen and oxygen atoms in total. The third kappa shape index (κ3) is 2.51. The zero-order chi connectivity index (χ0) is 10.7. The van der Waals surface area contributed by atoms with Gasteiger partial charge in [-0.05, 0) is 6.92 Å². The molecule has 0 saturated heterocycles. The predicted octanol–water partition coefficient (Wildman–Crippen LogP) is 1.16. The quantitative estimate of drug-likeness (QED) is 0.811. The molecule has 80 valence electrons. The predicted molar refractivity (Wildman–Crippen MR) is 56.3 cm³/mol. The highest BCUT2D eigenvalue weighted by molar-refractivity contribution is 7.09. The van der Waals surface area contributed by atoms with Gasteiger partial charge in [0.25, 0.3) is 0 Å². The molecule has 0 aliphatic carbocycles. The molecule has 3 N–H and O–H groups in total. The molecule has 0 radical (unpaired) electrons. The Morgan fingerprint density at radius 3 is 3.07 bits per heavy atom. The second kappa shape index (κ2) is 4.37. The molecule has 2 heterocycles. The number of nitrogens with one attached hydrogen (secondary N) is 1. The van der Waals surface area contributed by atoms with Crippen molar-refractivity contribution in [2.45, 2.75) is 19.5 Å². The lowest BCUT2D eigenvalue weighted by Gasteiger charge is -1.97. The SMILES string of the molecule is CC(N)c1nnc(NCc2nccs2)o1. The van der Waals surface area contributed by atoms with Gasteiger partial charge in [-0.3, -0.25) is 0 Å². The standard InChI is InChI=1S/C8H11N5OS/c1-5(9)7-12-13-8(14-7)11-4-6-10-2-3-15-6/h2-3,5H,4,9H2,1H3,(H,11,13). The molecule has 0 aromatic carbocycles. The van der Waals surface area contributed by atoms with Crippen LogP contribution in [-0.4, -0.2) is 15.2 Å². The summed E-state index contributed by atoms with van der Waals surface area (Å²) in [6, 6.07) is 0.130. The summed E-state index contributed by atoms with van der Waals surface area (Å²) in [6.07, 6.45) is 1.75. The highest BCUT2D eigenvalue weighted by Gasteiger charge is 2.09. The van der Waals surface area contributed by atoms with Crippen LogP contribution in [0.3, 0.4) is 0 Å². The first-order valence-electron chi connectivity index (χ1n) is 4.47. The molecule has 7 heteroatoms. The maximum Gasteiger partial charge on any atom is 0.315 e. The largest absolute Gasteiger partial charge is 0.406 e. The Kier molecular flexibility index (Phi) is 2.93. The summed E-state index contributed by atoms with van der Waals surface area (Å²) >= 11 is 1.57. The second-order valence-electron chi connectivity index (χ2n) is 3.01. The van der Waals surface area contributed by atoms with E-state index in [0.29, 0.717) is 18.5 Å². The van der Waals surface area contributed by atoms with Gasteiger partial charge in [0.05, 0.1) is 12.6 Å². The van der Waals surface area contributed by atoms with E-state index in [-0.39, 0.29) is 6.04 Å². The van der Waals surface area contributed by atoms with Gasteiger partial charge in [-0.1, -0.05) is 5.10 Å². The van der Waals surface area contributed by atoms with Gasteiger partial charge in [0, 0.05) is 11.6 Å². The lowest BCUT2D eigenvalue weighted by Crippen LogP contribution is -2.04. The molecule has 2 aromatic rings. The zero-order valence-corrected chi connectivity index (χ0v) is 8.99. The molecule has 1 atom stereocenters. The van der Waals surface area contributed by atoms with E-state index in [1.807, 2.05) is 5.38 Å². The van der Waals surface area contributed by atoms with E-state index in [2.05, 4.69) is 20.5 Å². The van der Waals surface area contributed by atoms with E-state index in [1.165, 1.54) is 0 Å². The van der Waals surface area contributed by atoms with Gasteiger partial charge < -0.3 is 15.5 Å². The van der Waals surface area contributed by atoms with Crippen LogP contribution >= 0.6 is 11.3 Å². The molecule has 0 aliphatic heterocycles. The topological polar surface area (TPSA) is 89.9 Å². The summed E-state index contributed by atoms with van der Waals surface area (Å²) in [5.74, 6) is 0.427. The summed E-state index contributed by atoms with van der Waals surface area (Å²) in [5, 5.41) is 13.5. The lowest BCUT2D eigenvalue weighted by molar-refractivity contribution is 0.472. The van der Waals surface area contributed by atoms with Crippen molar-refractivity contribution in [2.75, 3.05) is 5.32 Å². The van der Waals surface area contributed by atoms with Gasteiger partial charge in [0.1, 0.15) is 5.01 Å². The van der Waals surface area contributed by atoms with Crippen molar-refractivity contribution in [1.82, 2.24) is 15.2 Å². The molecule has 2 rings (SSSR count). The fraction of sp³-hybridized carbons (Fsp3) is 0.375. The highest BCUT2D eigenvalue weighted by atomic mass is 32.1. The minimum absolute atomic E-state index is 0.243. The molecule has 15 heavy (non-hydrogen) atoms. The average molecular weight is 225 g/mol. The Morgan fingerprint density at radius 1 is 1.60 bits per heavy atom. The number of aromatic nitrogens is 3. The Hall–Kier alpha value is -1.47. The summed E-state index contributed by atoms with van der Waals surface area (Å²) in [7, 11) is 0. The highest BCUT2D eigenvalue weighted by Crippen LogP contribution is 2.12. The van der Waals surface area contributed by atoms with Crippen molar-refractivity contribution in [1.29, 1.82) is 0 Å². The van der Waals surface area contributed by atoms with Crippen LogP contribution in [0.2, 0.25) is 0 Å². The average Bonchev–Trinajstić information content (AvgIpc) is 2.86. The molecular weight excluding hydrogens is 214 g/mol. The summed E-state index contributed by atoms with van der Waals surface area (Å²) < 4.78 is 5.26. The van der Waals surface area contributed by atoms with Crippen molar-refractivity contribution in [3.05, 3.63) is 22.5 Å². The van der Waals surface area contributed by atoms with Gasteiger partial charge in [-0.2, -0.15) is 0 Å². The van der Waals surface area contributed by atoms with E-state index in [0.717, 1.165) is 5.01 Å². The fourth-order valence-electron chi connectivity index (χ4n) is 0.982. The second-order valence-corrected chi connectivity index (χ2v) is 3.99. The maximum absolute atomic E-state index is 5.58. The number of hydrogen-bond acceptors (Lipinski definition) is 7. The zero-order valence-electron chi connectivity index (χ0n) is 8.17. The van der Waals surface area contributed by atoms with E-state index >= 15 is 0 Å². The molecule has 0 saturated carbocycles. The number of anilines is 1. The van der Waals surface area contributed by atoms with Crippen molar-refractivity contribution in [3.63, 3.8) is 0 Å². The smallest absolute Gasteiger partial charge is 0.315 e. The Bertz CT molecular complexity index is 410. The van der Waals surface area contributed by atoms with E-state index in [9.17, 15) is 0 Å². The first kappa shape index (κ1) is 10.1. The molecule has 0 amide bonds. The van der Waals surface area contributed by atoms with Crippen LogP contribution in [0.25, 0.3) is 0 Å².